The van der Waals surface area contributed by atoms with Crippen LogP contribution in [-0.4, -0.2) is 11.5 Å². The number of nitrogens with zero attached hydrogens (tertiary/aromatic N) is 1. The second-order valence-corrected chi connectivity index (χ2v) is 4.80. The van der Waals surface area contributed by atoms with E-state index in [2.05, 4.69) is 19.2 Å². The highest BCUT2D eigenvalue weighted by molar-refractivity contribution is 6.31. The minimum Gasteiger partial charge on any atom is -0.313 e. The molecular weight excluding hydrogens is 240 g/mol. The first-order valence-electron chi connectivity index (χ1n) is 5.64. The third-order valence-electron chi connectivity index (χ3n) is 2.46. The number of nitrogens with one attached hydrogen (secondary N) is 1. The fourth-order valence-corrected chi connectivity index (χ4v) is 1.65. The summed E-state index contributed by atoms with van der Waals surface area (Å²) >= 11 is 5.97. The van der Waals surface area contributed by atoms with E-state index in [1.54, 1.807) is 6.07 Å². The van der Waals surface area contributed by atoms with Crippen LogP contribution in [0.4, 0.5) is 5.69 Å². The van der Waals surface area contributed by atoms with Crippen molar-refractivity contribution in [1.82, 2.24) is 5.32 Å². The van der Waals surface area contributed by atoms with Gasteiger partial charge in [0.05, 0.1) is 9.95 Å². The largest absolute Gasteiger partial charge is 0.313 e. The van der Waals surface area contributed by atoms with Crippen molar-refractivity contribution in [3.05, 3.63) is 38.9 Å². The molecule has 1 aromatic carbocycles. The number of nitro benzene ring substituents is 1. The van der Waals surface area contributed by atoms with Gasteiger partial charge in [-0.1, -0.05) is 25.4 Å². The predicted octanol–water partition coefficient (Wildman–Crippen LogP) is 3.38. The van der Waals surface area contributed by atoms with E-state index in [4.69, 9.17) is 11.6 Å². The zero-order valence-electron chi connectivity index (χ0n) is 10.1. The first kappa shape index (κ1) is 13.9. The van der Waals surface area contributed by atoms with Crippen LogP contribution in [0.3, 0.4) is 0 Å². The van der Waals surface area contributed by atoms with Crippen LogP contribution in [0.1, 0.15) is 25.8 Å². The molecule has 0 aliphatic carbocycles. The molecule has 0 aromatic heterocycles. The Hall–Kier alpha value is -1.13. The van der Waals surface area contributed by atoms with Crippen molar-refractivity contribution in [2.24, 2.45) is 5.92 Å². The van der Waals surface area contributed by atoms with E-state index in [1.165, 1.54) is 12.1 Å². The van der Waals surface area contributed by atoms with Gasteiger partial charge in [-0.25, -0.2) is 0 Å². The van der Waals surface area contributed by atoms with Gasteiger partial charge in [0.15, 0.2) is 0 Å². The summed E-state index contributed by atoms with van der Waals surface area (Å²) in [6, 6.07) is 4.56. The van der Waals surface area contributed by atoms with Crippen molar-refractivity contribution in [2.75, 3.05) is 6.54 Å². The lowest BCUT2D eigenvalue weighted by atomic mass is 10.1. The molecule has 17 heavy (non-hydrogen) atoms. The van der Waals surface area contributed by atoms with E-state index in [0.717, 1.165) is 18.5 Å². The van der Waals surface area contributed by atoms with Gasteiger partial charge >= 0.3 is 0 Å². The number of non-ortho nitro benzene ring substituents is 1. The van der Waals surface area contributed by atoms with E-state index < -0.39 is 4.92 Å². The van der Waals surface area contributed by atoms with E-state index in [1.807, 2.05) is 0 Å². The van der Waals surface area contributed by atoms with Gasteiger partial charge in [0.25, 0.3) is 5.69 Å². The molecule has 0 bridgehead atoms. The quantitative estimate of drug-likeness (QED) is 0.482. The summed E-state index contributed by atoms with van der Waals surface area (Å²) in [6.07, 6.45) is 1.10. The first-order chi connectivity index (χ1) is 8.00. The van der Waals surface area contributed by atoms with E-state index in [9.17, 15) is 10.1 Å². The average molecular weight is 257 g/mol. The molecule has 0 aliphatic heterocycles. The maximum absolute atomic E-state index is 10.5. The summed E-state index contributed by atoms with van der Waals surface area (Å²) in [7, 11) is 0. The molecule has 94 valence electrons. The van der Waals surface area contributed by atoms with Crippen molar-refractivity contribution in [1.29, 1.82) is 0 Å². The van der Waals surface area contributed by atoms with Gasteiger partial charge in [-0.05, 0) is 30.5 Å². The Labute approximate surface area is 106 Å². The molecule has 1 N–H and O–H groups in total. The van der Waals surface area contributed by atoms with Crippen molar-refractivity contribution in [3.63, 3.8) is 0 Å². The van der Waals surface area contributed by atoms with Gasteiger partial charge in [-0.2, -0.15) is 0 Å². The molecule has 0 fully saturated rings. The highest BCUT2D eigenvalue weighted by Crippen LogP contribution is 2.22. The van der Waals surface area contributed by atoms with Gasteiger partial charge in [0.1, 0.15) is 0 Å². The average Bonchev–Trinajstić information content (AvgIpc) is 2.25. The molecule has 0 heterocycles. The van der Waals surface area contributed by atoms with Crippen LogP contribution in [-0.2, 0) is 6.54 Å². The lowest BCUT2D eigenvalue weighted by Gasteiger charge is -2.08. The molecule has 0 aliphatic rings. The van der Waals surface area contributed by atoms with Gasteiger partial charge in [-0.3, -0.25) is 10.1 Å². The SMILES string of the molecule is CC(C)CCNCc1ccc([N+](=O)[O-])cc1Cl. The molecule has 0 spiro atoms. The lowest BCUT2D eigenvalue weighted by molar-refractivity contribution is -0.384. The first-order valence-corrected chi connectivity index (χ1v) is 6.02. The van der Waals surface area contributed by atoms with Gasteiger partial charge in [0, 0.05) is 18.7 Å². The number of rotatable bonds is 6. The van der Waals surface area contributed by atoms with Crippen LogP contribution < -0.4 is 5.32 Å². The highest BCUT2D eigenvalue weighted by atomic mass is 35.5. The Morgan fingerprint density at radius 1 is 1.47 bits per heavy atom. The van der Waals surface area contributed by atoms with Crippen molar-refractivity contribution >= 4 is 17.3 Å². The van der Waals surface area contributed by atoms with Crippen LogP contribution in [0.25, 0.3) is 0 Å². The number of nitro groups is 1. The molecular formula is C12H17ClN2O2. The molecule has 0 saturated carbocycles. The lowest BCUT2D eigenvalue weighted by Crippen LogP contribution is -2.16. The fourth-order valence-electron chi connectivity index (χ4n) is 1.41. The smallest absolute Gasteiger partial charge is 0.270 e. The molecule has 0 unspecified atom stereocenters. The summed E-state index contributed by atoms with van der Waals surface area (Å²) in [5.74, 6) is 0.662. The monoisotopic (exact) mass is 256 g/mol. The molecule has 0 radical (unpaired) electrons. The van der Waals surface area contributed by atoms with E-state index in [0.29, 0.717) is 17.5 Å². The summed E-state index contributed by atoms with van der Waals surface area (Å²) < 4.78 is 0. The van der Waals surface area contributed by atoms with Crippen molar-refractivity contribution in [3.8, 4) is 0 Å². The summed E-state index contributed by atoms with van der Waals surface area (Å²) in [4.78, 5) is 10.1. The van der Waals surface area contributed by atoms with Crippen LogP contribution >= 0.6 is 11.6 Å². The molecule has 0 amide bonds. The Balaban J connectivity index is 2.52. The third kappa shape index (κ3) is 4.71. The maximum Gasteiger partial charge on any atom is 0.270 e. The third-order valence-corrected chi connectivity index (χ3v) is 2.81. The number of hydrogen-bond donors (Lipinski definition) is 1. The highest BCUT2D eigenvalue weighted by Gasteiger charge is 2.08. The second-order valence-electron chi connectivity index (χ2n) is 4.39. The van der Waals surface area contributed by atoms with Crippen molar-refractivity contribution in [2.45, 2.75) is 26.8 Å². The molecule has 4 nitrogen and oxygen atoms in total. The minimum absolute atomic E-state index is 0.0286. The Kier molecular flexibility index (Phi) is 5.38. The molecule has 5 heteroatoms. The maximum atomic E-state index is 10.5. The molecule has 1 rings (SSSR count). The minimum atomic E-state index is -0.443. The Morgan fingerprint density at radius 2 is 2.18 bits per heavy atom. The van der Waals surface area contributed by atoms with Crippen LogP contribution in [0.5, 0.6) is 0 Å². The standard InChI is InChI=1S/C12H17ClN2O2/c1-9(2)5-6-14-8-10-3-4-11(15(16)17)7-12(10)13/h3-4,7,9,14H,5-6,8H2,1-2H3. The van der Waals surface area contributed by atoms with Crippen LogP contribution in [0.2, 0.25) is 5.02 Å². The molecule has 1 aromatic rings. The fraction of sp³-hybridized carbons (Fsp3) is 0.500. The Bertz CT molecular complexity index is 394. The second kappa shape index (κ2) is 6.57. The van der Waals surface area contributed by atoms with E-state index >= 15 is 0 Å². The van der Waals surface area contributed by atoms with Crippen molar-refractivity contribution < 1.29 is 4.92 Å². The summed E-state index contributed by atoms with van der Waals surface area (Å²) in [5.41, 5.74) is 0.918. The predicted molar refractivity (Wildman–Crippen MR) is 69.3 cm³/mol. The number of hydrogen-bond acceptors (Lipinski definition) is 3. The van der Waals surface area contributed by atoms with Crippen LogP contribution in [0.15, 0.2) is 18.2 Å². The zero-order valence-corrected chi connectivity index (χ0v) is 10.8. The molecule has 0 saturated heterocycles. The van der Waals surface area contributed by atoms with Gasteiger partial charge < -0.3 is 5.32 Å². The summed E-state index contributed by atoms with van der Waals surface area (Å²) in [6.45, 7) is 5.90. The normalized spacial score (nSPS) is 10.8. The van der Waals surface area contributed by atoms with Crippen LogP contribution in [0, 0.1) is 16.0 Å². The zero-order chi connectivity index (χ0) is 12.8. The van der Waals surface area contributed by atoms with Gasteiger partial charge in [0.2, 0.25) is 0 Å². The number of benzene rings is 1. The van der Waals surface area contributed by atoms with Gasteiger partial charge in [-0.15, -0.1) is 0 Å². The molecule has 0 atom stereocenters. The Morgan fingerprint density at radius 3 is 2.71 bits per heavy atom. The van der Waals surface area contributed by atoms with E-state index in [-0.39, 0.29) is 5.69 Å². The summed E-state index contributed by atoms with van der Waals surface area (Å²) in [5, 5.41) is 14.2. The number of halogens is 1. The topological polar surface area (TPSA) is 55.2 Å².